The monoisotopic (exact) mass is 268 g/mol. The van der Waals surface area contributed by atoms with Crippen LogP contribution in [0.3, 0.4) is 0 Å². The summed E-state index contributed by atoms with van der Waals surface area (Å²) in [5, 5.41) is 0. The van der Waals surface area contributed by atoms with E-state index in [0.717, 1.165) is 5.56 Å². The van der Waals surface area contributed by atoms with Crippen molar-refractivity contribution >= 4 is 23.7 Å². The molecule has 0 saturated heterocycles. The second-order valence-corrected chi connectivity index (χ2v) is 4.16. The molecule has 0 radical (unpaired) electrons. The Morgan fingerprint density at radius 1 is 1.33 bits per heavy atom. The minimum Gasteiger partial charge on any atom is -0.391 e. The molecule has 0 unspecified atom stereocenters. The summed E-state index contributed by atoms with van der Waals surface area (Å²) in [5.74, 6) is -0.218. The van der Waals surface area contributed by atoms with Gasteiger partial charge in [-0.3, -0.25) is 14.3 Å². The first-order valence-corrected chi connectivity index (χ1v) is 5.52. The first-order valence-electron chi connectivity index (χ1n) is 5.11. The smallest absolute Gasteiger partial charge is 0.277 e. The fourth-order valence-corrected chi connectivity index (χ4v) is 1.79. The molecule has 18 heavy (non-hydrogen) atoms. The van der Waals surface area contributed by atoms with Gasteiger partial charge >= 0.3 is 0 Å². The highest BCUT2D eigenvalue weighted by atomic mass is 32.1. The number of anilines is 2. The molecule has 0 fully saturated rings. The Hall–Kier alpha value is -2.15. The van der Waals surface area contributed by atoms with Crippen LogP contribution in [0.25, 0.3) is 0 Å². The standard InChI is InChI=1S/C11H11FN4OS/c12-7-3-1-6(2-4-7)5-16-9(14)8(13)10(17)15-11(16)18/h1-4H,5,13-14H2,(H,15,17,18)/i11+2. The van der Waals surface area contributed by atoms with Crippen LogP contribution in [0.2, 0.25) is 0 Å². The van der Waals surface area contributed by atoms with Gasteiger partial charge in [0.2, 0.25) is 0 Å². The van der Waals surface area contributed by atoms with Crippen molar-refractivity contribution in [3.05, 3.63) is 50.8 Å². The van der Waals surface area contributed by atoms with E-state index in [1.807, 2.05) is 0 Å². The van der Waals surface area contributed by atoms with Crippen LogP contribution < -0.4 is 17.0 Å². The van der Waals surface area contributed by atoms with E-state index in [1.165, 1.54) is 16.7 Å². The third-order valence-corrected chi connectivity index (χ3v) is 2.85. The predicted molar refractivity (Wildman–Crippen MR) is 70.2 cm³/mol. The molecular formula is C11H11FN4OS. The summed E-state index contributed by atoms with van der Waals surface area (Å²) in [5.41, 5.74) is 11.5. The Labute approximate surface area is 107 Å². The van der Waals surface area contributed by atoms with Gasteiger partial charge in [0.15, 0.2) is 4.77 Å². The second kappa shape index (κ2) is 4.61. The van der Waals surface area contributed by atoms with E-state index >= 15 is 0 Å². The number of aromatic nitrogens is 2. The third kappa shape index (κ3) is 2.25. The van der Waals surface area contributed by atoms with E-state index in [1.54, 1.807) is 12.1 Å². The van der Waals surface area contributed by atoms with E-state index in [0.29, 0.717) is 6.54 Å². The molecule has 5 nitrogen and oxygen atoms in total. The number of nitrogens with zero attached hydrogens (tertiary/aromatic N) is 1. The topological polar surface area (TPSA) is 89.8 Å². The van der Waals surface area contributed by atoms with Crippen molar-refractivity contribution in [2.45, 2.75) is 6.54 Å². The Bertz CT molecular complexity index is 690. The van der Waals surface area contributed by atoms with Gasteiger partial charge in [0.25, 0.3) is 5.56 Å². The number of halogens is 1. The number of nitrogens with two attached hydrogens (primary N) is 2. The van der Waals surface area contributed by atoms with E-state index < -0.39 is 5.56 Å². The third-order valence-electron chi connectivity index (χ3n) is 2.53. The molecule has 0 bridgehead atoms. The zero-order chi connectivity index (χ0) is 13.3. The zero-order valence-corrected chi connectivity index (χ0v) is 10.1. The first-order chi connectivity index (χ1) is 8.49. The van der Waals surface area contributed by atoms with Crippen molar-refractivity contribution in [1.29, 1.82) is 0 Å². The Morgan fingerprint density at radius 2 is 1.94 bits per heavy atom. The molecule has 0 aliphatic heterocycles. The van der Waals surface area contributed by atoms with Crippen LogP contribution in [0, 0.1) is 10.6 Å². The van der Waals surface area contributed by atoms with E-state index in [2.05, 4.69) is 4.98 Å². The van der Waals surface area contributed by atoms with Crippen LogP contribution in [0.1, 0.15) is 5.56 Å². The molecule has 5 N–H and O–H groups in total. The van der Waals surface area contributed by atoms with E-state index in [4.69, 9.17) is 23.7 Å². The summed E-state index contributed by atoms with van der Waals surface area (Å²) < 4.78 is 14.4. The van der Waals surface area contributed by atoms with Gasteiger partial charge in [-0.05, 0) is 29.9 Å². The molecule has 7 heteroatoms. The fourth-order valence-electron chi connectivity index (χ4n) is 1.53. The summed E-state index contributed by atoms with van der Waals surface area (Å²) in [4.78, 5) is 13.7. The van der Waals surface area contributed by atoms with Gasteiger partial charge in [-0.25, -0.2) is 4.39 Å². The zero-order valence-electron chi connectivity index (χ0n) is 9.31. The summed E-state index contributed by atoms with van der Waals surface area (Å²) >= 11 is 5.01. The average Bonchev–Trinajstić information content (AvgIpc) is 2.34. The number of H-pyrrole nitrogens is 1. The number of rotatable bonds is 2. The normalized spacial score (nSPS) is 10.5. The van der Waals surface area contributed by atoms with Gasteiger partial charge in [-0.15, -0.1) is 0 Å². The summed E-state index contributed by atoms with van der Waals surface area (Å²) in [7, 11) is 0. The molecule has 2 aromatic rings. The van der Waals surface area contributed by atoms with E-state index in [9.17, 15) is 9.18 Å². The van der Waals surface area contributed by atoms with Crippen LogP contribution in [-0.2, 0) is 6.54 Å². The van der Waals surface area contributed by atoms with Gasteiger partial charge in [0.05, 0.1) is 6.54 Å². The van der Waals surface area contributed by atoms with Gasteiger partial charge < -0.3 is 11.5 Å². The van der Waals surface area contributed by atoms with Crippen molar-refractivity contribution in [1.82, 2.24) is 9.55 Å². The minimum absolute atomic E-state index is 0.0780. The number of nitrogen functional groups attached to an aromatic ring is 2. The van der Waals surface area contributed by atoms with Crippen molar-refractivity contribution < 1.29 is 4.39 Å². The lowest BCUT2D eigenvalue weighted by Gasteiger charge is -2.11. The molecule has 94 valence electrons. The maximum atomic E-state index is 12.8. The number of aromatic amines is 1. The highest BCUT2D eigenvalue weighted by Crippen LogP contribution is 2.12. The van der Waals surface area contributed by atoms with Gasteiger partial charge in [0, 0.05) is 0 Å². The molecule has 0 spiro atoms. The Balaban J connectivity index is 2.47. The second-order valence-electron chi connectivity index (χ2n) is 3.77. The molecular weight excluding hydrogens is 257 g/mol. The maximum absolute atomic E-state index is 12.8. The van der Waals surface area contributed by atoms with E-state index in [-0.39, 0.29) is 22.1 Å². The SMILES string of the molecule is Nc1c(N)n(Cc2ccc(F)cc2)[14c](=S)[nH]c1=O. The number of nitrogens with one attached hydrogen (secondary N) is 1. The summed E-state index contributed by atoms with van der Waals surface area (Å²) in [6.45, 7) is 0.311. The lowest BCUT2D eigenvalue weighted by molar-refractivity contribution is 0.626. The van der Waals surface area contributed by atoms with Gasteiger partial charge in [-0.2, -0.15) is 0 Å². The van der Waals surface area contributed by atoms with Gasteiger partial charge in [-0.1, -0.05) is 12.1 Å². The molecule has 0 atom stereocenters. The molecule has 2 rings (SSSR count). The summed E-state index contributed by atoms with van der Waals surface area (Å²) in [6.07, 6.45) is 0. The van der Waals surface area contributed by atoms with Crippen LogP contribution in [-0.4, -0.2) is 9.55 Å². The number of hydrogen-bond donors (Lipinski definition) is 3. The lowest BCUT2D eigenvalue weighted by Crippen LogP contribution is -2.21. The quantitative estimate of drug-likeness (QED) is 0.715. The van der Waals surface area contributed by atoms with Crippen molar-refractivity contribution in [3.8, 4) is 0 Å². The molecule has 0 saturated carbocycles. The number of hydrogen-bond acceptors (Lipinski definition) is 4. The molecule has 1 aromatic carbocycles. The highest BCUT2D eigenvalue weighted by molar-refractivity contribution is 7.71. The van der Waals surface area contributed by atoms with Crippen molar-refractivity contribution in [2.24, 2.45) is 0 Å². The number of benzene rings is 1. The van der Waals surface area contributed by atoms with Crippen LogP contribution in [0.4, 0.5) is 15.9 Å². The minimum atomic E-state index is -0.507. The molecule has 0 aliphatic rings. The Kier molecular flexibility index (Phi) is 3.15. The predicted octanol–water partition coefficient (Wildman–Crippen LogP) is 1.26. The highest BCUT2D eigenvalue weighted by Gasteiger charge is 2.07. The summed E-state index contributed by atoms with van der Waals surface area (Å²) in [6, 6.07) is 5.89. The maximum Gasteiger partial charge on any atom is 0.277 e. The van der Waals surface area contributed by atoms with Crippen LogP contribution in [0.5, 0.6) is 0 Å². The van der Waals surface area contributed by atoms with Crippen molar-refractivity contribution in [2.75, 3.05) is 11.5 Å². The fraction of sp³-hybridized carbons (Fsp3) is 0.0909. The largest absolute Gasteiger partial charge is 0.391 e. The van der Waals surface area contributed by atoms with Gasteiger partial charge in [0.1, 0.15) is 17.3 Å². The van der Waals surface area contributed by atoms with Crippen molar-refractivity contribution in [3.63, 3.8) is 0 Å². The molecule has 1 aromatic heterocycles. The first kappa shape index (κ1) is 12.3. The molecule has 0 aliphatic carbocycles. The van der Waals surface area contributed by atoms with Crippen LogP contribution >= 0.6 is 12.2 Å². The molecule has 0 amide bonds. The average molecular weight is 268 g/mol. The Morgan fingerprint density at radius 3 is 2.56 bits per heavy atom. The molecule has 1 heterocycles. The van der Waals surface area contributed by atoms with Crippen LogP contribution in [0.15, 0.2) is 29.1 Å². The lowest BCUT2D eigenvalue weighted by atomic mass is 10.2.